The van der Waals surface area contributed by atoms with Crippen molar-refractivity contribution in [1.29, 1.82) is 0 Å². The van der Waals surface area contributed by atoms with Gasteiger partial charge in [0.05, 0.1) is 66.1 Å². The van der Waals surface area contributed by atoms with Crippen molar-refractivity contribution in [3.05, 3.63) is 0 Å². The number of amides is 1. The Morgan fingerprint density at radius 3 is 1.46 bits per heavy atom. The van der Waals surface area contributed by atoms with E-state index < -0.39 is 11.7 Å². The third-order valence-corrected chi connectivity index (χ3v) is 2.88. The number of ether oxygens (including phenoxy) is 5. The van der Waals surface area contributed by atoms with Crippen LogP contribution in [-0.4, -0.2) is 106 Å². The lowest BCUT2D eigenvalue weighted by molar-refractivity contribution is -0.00368. The molecule has 0 unspecified atom stereocenters. The molecular formula is C17H35NO8. The molecule has 0 aromatic carbocycles. The van der Waals surface area contributed by atoms with Gasteiger partial charge >= 0.3 is 6.09 Å². The van der Waals surface area contributed by atoms with Crippen LogP contribution >= 0.6 is 0 Å². The lowest BCUT2D eigenvalue weighted by atomic mass is 10.2. The SMILES string of the molecule is CC(C)(C)OC(=O)N(CCOCCOCCO)CCOCCOCCO. The standard InChI is InChI=1S/C17H35NO8/c1-17(2,3)26-16(21)18(4-8-22-12-14-24-10-6-19)5-9-23-13-15-25-11-7-20/h19-20H,4-15H2,1-3H3. The van der Waals surface area contributed by atoms with E-state index in [0.717, 1.165) is 0 Å². The number of carbonyl (C=O) groups excluding carboxylic acids is 1. The Labute approximate surface area is 156 Å². The van der Waals surface area contributed by atoms with Gasteiger partial charge in [-0.3, -0.25) is 0 Å². The molecule has 0 radical (unpaired) electrons. The molecule has 9 heteroatoms. The summed E-state index contributed by atoms with van der Waals surface area (Å²) in [5.74, 6) is 0. The Morgan fingerprint density at radius 1 is 0.731 bits per heavy atom. The van der Waals surface area contributed by atoms with Gasteiger partial charge in [-0.25, -0.2) is 4.79 Å². The summed E-state index contributed by atoms with van der Waals surface area (Å²) >= 11 is 0. The summed E-state index contributed by atoms with van der Waals surface area (Å²) in [6, 6.07) is 0. The summed E-state index contributed by atoms with van der Waals surface area (Å²) in [4.78, 5) is 13.8. The fraction of sp³-hybridized carbons (Fsp3) is 0.941. The van der Waals surface area contributed by atoms with Crippen molar-refractivity contribution in [1.82, 2.24) is 4.90 Å². The molecule has 0 aliphatic heterocycles. The Hall–Kier alpha value is -0.970. The van der Waals surface area contributed by atoms with Crippen LogP contribution in [0.2, 0.25) is 0 Å². The molecule has 0 atom stereocenters. The van der Waals surface area contributed by atoms with Crippen molar-refractivity contribution < 1.29 is 38.7 Å². The Balaban J connectivity index is 4.07. The number of hydrogen-bond acceptors (Lipinski definition) is 8. The summed E-state index contributed by atoms with van der Waals surface area (Å²) < 4.78 is 26.4. The van der Waals surface area contributed by atoms with Crippen LogP contribution in [0.25, 0.3) is 0 Å². The van der Waals surface area contributed by atoms with E-state index in [-0.39, 0.29) is 26.4 Å². The molecule has 0 aliphatic rings. The molecule has 0 rings (SSSR count). The number of hydrogen-bond donors (Lipinski definition) is 2. The molecule has 9 nitrogen and oxygen atoms in total. The van der Waals surface area contributed by atoms with Gasteiger partial charge in [0.2, 0.25) is 0 Å². The maximum Gasteiger partial charge on any atom is 0.410 e. The van der Waals surface area contributed by atoms with Gasteiger partial charge in [0.25, 0.3) is 0 Å². The van der Waals surface area contributed by atoms with E-state index in [2.05, 4.69) is 0 Å². The third kappa shape index (κ3) is 16.5. The first-order valence-electron chi connectivity index (χ1n) is 8.91. The lowest BCUT2D eigenvalue weighted by Gasteiger charge is -2.27. The van der Waals surface area contributed by atoms with Crippen molar-refractivity contribution in [3.63, 3.8) is 0 Å². The molecule has 156 valence electrons. The predicted molar refractivity (Wildman–Crippen MR) is 95.3 cm³/mol. The topological polar surface area (TPSA) is 107 Å². The molecular weight excluding hydrogens is 346 g/mol. The average molecular weight is 381 g/mol. The van der Waals surface area contributed by atoms with Crippen LogP contribution in [0.3, 0.4) is 0 Å². The van der Waals surface area contributed by atoms with Gasteiger partial charge in [-0.2, -0.15) is 0 Å². The smallest absolute Gasteiger partial charge is 0.410 e. The molecule has 0 heterocycles. The van der Waals surface area contributed by atoms with Gasteiger partial charge < -0.3 is 38.8 Å². The summed E-state index contributed by atoms with van der Waals surface area (Å²) in [7, 11) is 0. The summed E-state index contributed by atoms with van der Waals surface area (Å²) in [5.41, 5.74) is -0.576. The maximum absolute atomic E-state index is 12.3. The maximum atomic E-state index is 12.3. The monoisotopic (exact) mass is 381 g/mol. The average Bonchev–Trinajstić information content (AvgIpc) is 2.56. The van der Waals surface area contributed by atoms with Crippen molar-refractivity contribution in [3.8, 4) is 0 Å². The molecule has 0 saturated heterocycles. The highest BCUT2D eigenvalue weighted by molar-refractivity contribution is 5.68. The second-order valence-corrected chi connectivity index (χ2v) is 6.36. The second kappa shape index (κ2) is 16.2. The molecule has 0 aromatic heterocycles. The van der Waals surface area contributed by atoms with Crippen molar-refractivity contribution in [2.24, 2.45) is 0 Å². The van der Waals surface area contributed by atoms with Gasteiger partial charge in [0, 0.05) is 13.1 Å². The van der Waals surface area contributed by atoms with E-state index in [9.17, 15) is 4.79 Å². The quantitative estimate of drug-likeness (QED) is 0.367. The normalized spacial score (nSPS) is 11.6. The molecule has 0 spiro atoms. The summed E-state index contributed by atoms with van der Waals surface area (Å²) in [6.07, 6.45) is -0.419. The highest BCUT2D eigenvalue weighted by atomic mass is 16.6. The van der Waals surface area contributed by atoms with E-state index in [0.29, 0.717) is 52.7 Å². The molecule has 1 amide bonds. The highest BCUT2D eigenvalue weighted by Gasteiger charge is 2.21. The molecule has 2 N–H and O–H groups in total. The highest BCUT2D eigenvalue weighted by Crippen LogP contribution is 2.09. The molecule has 0 bridgehead atoms. The van der Waals surface area contributed by atoms with Crippen LogP contribution in [0.5, 0.6) is 0 Å². The molecule has 0 saturated carbocycles. The molecule has 26 heavy (non-hydrogen) atoms. The largest absolute Gasteiger partial charge is 0.444 e. The van der Waals surface area contributed by atoms with Crippen LogP contribution in [0.4, 0.5) is 4.79 Å². The minimum absolute atomic E-state index is 0.0164. The predicted octanol–water partition coefficient (Wildman–Crippen LogP) is 0.275. The van der Waals surface area contributed by atoms with Gasteiger partial charge in [-0.05, 0) is 20.8 Å². The van der Waals surface area contributed by atoms with E-state index in [4.69, 9.17) is 33.9 Å². The van der Waals surface area contributed by atoms with E-state index in [1.54, 1.807) is 0 Å². The minimum atomic E-state index is -0.576. The Kier molecular flexibility index (Phi) is 15.6. The fourth-order valence-electron chi connectivity index (χ4n) is 1.74. The van der Waals surface area contributed by atoms with Crippen molar-refractivity contribution in [2.45, 2.75) is 26.4 Å². The minimum Gasteiger partial charge on any atom is -0.444 e. The van der Waals surface area contributed by atoms with Gasteiger partial charge in [0.15, 0.2) is 0 Å². The Morgan fingerprint density at radius 2 is 1.12 bits per heavy atom. The zero-order valence-corrected chi connectivity index (χ0v) is 16.3. The second-order valence-electron chi connectivity index (χ2n) is 6.36. The zero-order valence-electron chi connectivity index (χ0n) is 16.3. The van der Waals surface area contributed by atoms with E-state index in [1.807, 2.05) is 20.8 Å². The number of carbonyl (C=O) groups is 1. The first kappa shape index (κ1) is 25.0. The Bertz CT molecular complexity index is 317. The van der Waals surface area contributed by atoms with Crippen LogP contribution in [0.1, 0.15) is 20.8 Å². The number of aliphatic hydroxyl groups excluding tert-OH is 2. The van der Waals surface area contributed by atoms with Crippen LogP contribution in [0, 0.1) is 0 Å². The fourth-order valence-corrected chi connectivity index (χ4v) is 1.74. The first-order valence-corrected chi connectivity index (χ1v) is 8.91. The number of nitrogens with zero attached hydrogens (tertiary/aromatic N) is 1. The van der Waals surface area contributed by atoms with Gasteiger partial charge in [0.1, 0.15) is 5.60 Å². The first-order chi connectivity index (χ1) is 12.4. The van der Waals surface area contributed by atoms with Crippen LogP contribution in [0.15, 0.2) is 0 Å². The molecule has 0 fully saturated rings. The summed E-state index contributed by atoms with van der Waals surface area (Å²) in [5, 5.41) is 17.2. The van der Waals surface area contributed by atoms with Gasteiger partial charge in [-0.1, -0.05) is 0 Å². The zero-order chi connectivity index (χ0) is 19.7. The van der Waals surface area contributed by atoms with E-state index in [1.165, 1.54) is 4.90 Å². The van der Waals surface area contributed by atoms with Crippen molar-refractivity contribution >= 4 is 6.09 Å². The number of rotatable bonds is 16. The van der Waals surface area contributed by atoms with Crippen LogP contribution in [-0.2, 0) is 23.7 Å². The van der Waals surface area contributed by atoms with E-state index >= 15 is 0 Å². The summed E-state index contributed by atoms with van der Waals surface area (Å²) in [6.45, 7) is 8.98. The third-order valence-electron chi connectivity index (χ3n) is 2.88. The van der Waals surface area contributed by atoms with Crippen molar-refractivity contribution in [2.75, 3.05) is 79.2 Å². The van der Waals surface area contributed by atoms with Gasteiger partial charge in [-0.15, -0.1) is 0 Å². The lowest BCUT2D eigenvalue weighted by Crippen LogP contribution is -2.40. The van der Waals surface area contributed by atoms with Crippen LogP contribution < -0.4 is 0 Å². The number of aliphatic hydroxyl groups is 2. The molecule has 0 aliphatic carbocycles. The molecule has 0 aromatic rings.